The Kier molecular flexibility index (Phi) is 8.70. The highest BCUT2D eigenvalue weighted by atomic mass is 32.2. The van der Waals surface area contributed by atoms with Gasteiger partial charge in [0.25, 0.3) is 0 Å². The van der Waals surface area contributed by atoms with Crippen molar-refractivity contribution in [1.29, 1.82) is 0 Å². The number of piperazine rings is 1. The van der Waals surface area contributed by atoms with Crippen molar-refractivity contribution in [2.24, 2.45) is 0 Å². The molecule has 0 amide bonds. The van der Waals surface area contributed by atoms with E-state index in [0.717, 1.165) is 37.1 Å². The van der Waals surface area contributed by atoms with Crippen LogP contribution in [0, 0.1) is 11.8 Å². The van der Waals surface area contributed by atoms with E-state index in [0.29, 0.717) is 32.8 Å². The van der Waals surface area contributed by atoms with Gasteiger partial charge in [0.2, 0.25) is 10.0 Å². The summed E-state index contributed by atoms with van der Waals surface area (Å²) in [6, 6.07) is 7.93. The van der Waals surface area contributed by atoms with E-state index in [4.69, 9.17) is 4.74 Å². The molecule has 1 aromatic rings. The van der Waals surface area contributed by atoms with E-state index in [1.807, 2.05) is 31.2 Å². The molecule has 1 saturated heterocycles. The van der Waals surface area contributed by atoms with Crippen LogP contribution in [0.25, 0.3) is 0 Å². The summed E-state index contributed by atoms with van der Waals surface area (Å²) in [6.45, 7) is 7.04. The zero-order valence-electron chi connectivity index (χ0n) is 16.4. The van der Waals surface area contributed by atoms with Crippen LogP contribution in [0.1, 0.15) is 39.5 Å². The van der Waals surface area contributed by atoms with Crippen molar-refractivity contribution < 1.29 is 13.2 Å². The topological polar surface area (TPSA) is 49.9 Å². The first-order valence-corrected chi connectivity index (χ1v) is 11.2. The minimum Gasteiger partial charge on any atom is -0.494 e. The summed E-state index contributed by atoms with van der Waals surface area (Å²) >= 11 is 0. The summed E-state index contributed by atoms with van der Waals surface area (Å²) in [7, 11) is -3.40. The van der Waals surface area contributed by atoms with Crippen LogP contribution < -0.4 is 9.64 Å². The summed E-state index contributed by atoms with van der Waals surface area (Å²) < 4.78 is 31.8. The molecule has 148 valence electrons. The van der Waals surface area contributed by atoms with Gasteiger partial charge in [-0.3, -0.25) is 0 Å². The SMILES string of the molecule is CCCCCC#C/C=C/S(=O)(=O)N1CCN(c2ccc(OCC)cc2)CC1. The molecule has 5 nitrogen and oxygen atoms in total. The minimum absolute atomic E-state index is 0.476. The van der Waals surface area contributed by atoms with Gasteiger partial charge in [0.15, 0.2) is 0 Å². The van der Waals surface area contributed by atoms with E-state index in [1.54, 1.807) is 0 Å². The molecular weight excluding hydrogens is 360 g/mol. The van der Waals surface area contributed by atoms with Crippen molar-refractivity contribution in [2.45, 2.75) is 39.5 Å². The van der Waals surface area contributed by atoms with Gasteiger partial charge >= 0.3 is 0 Å². The van der Waals surface area contributed by atoms with Crippen molar-refractivity contribution in [1.82, 2.24) is 4.31 Å². The van der Waals surface area contributed by atoms with Crippen LogP contribution in [-0.4, -0.2) is 45.5 Å². The lowest BCUT2D eigenvalue weighted by Crippen LogP contribution is -2.48. The first-order chi connectivity index (χ1) is 13.1. The summed E-state index contributed by atoms with van der Waals surface area (Å²) in [6.07, 6.45) is 5.67. The number of sulfonamides is 1. The van der Waals surface area contributed by atoms with Crippen molar-refractivity contribution in [3.8, 4) is 17.6 Å². The molecule has 1 aromatic carbocycles. The van der Waals surface area contributed by atoms with Gasteiger partial charge in [-0.05, 0) is 37.6 Å². The molecule has 0 saturated carbocycles. The molecule has 0 bridgehead atoms. The lowest BCUT2D eigenvalue weighted by Gasteiger charge is -2.34. The van der Waals surface area contributed by atoms with E-state index in [-0.39, 0.29) is 0 Å². The van der Waals surface area contributed by atoms with E-state index >= 15 is 0 Å². The lowest BCUT2D eigenvalue weighted by molar-refractivity contribution is 0.340. The average Bonchev–Trinajstić information content (AvgIpc) is 2.68. The van der Waals surface area contributed by atoms with Crippen molar-refractivity contribution in [3.05, 3.63) is 35.7 Å². The summed E-state index contributed by atoms with van der Waals surface area (Å²) in [5, 5.41) is 1.23. The van der Waals surface area contributed by atoms with Gasteiger partial charge in [0, 0.05) is 44.4 Å². The first kappa shape index (κ1) is 21.3. The third-order valence-electron chi connectivity index (χ3n) is 4.44. The van der Waals surface area contributed by atoms with Gasteiger partial charge in [-0.15, -0.1) is 0 Å². The van der Waals surface area contributed by atoms with Crippen molar-refractivity contribution in [2.75, 3.05) is 37.7 Å². The fourth-order valence-corrected chi connectivity index (χ4v) is 4.01. The molecule has 0 aromatic heterocycles. The molecule has 6 heteroatoms. The number of allylic oxidation sites excluding steroid dienone is 1. The van der Waals surface area contributed by atoms with Crippen molar-refractivity contribution >= 4 is 15.7 Å². The molecule has 0 aliphatic carbocycles. The quantitative estimate of drug-likeness (QED) is 0.502. The van der Waals surface area contributed by atoms with Crippen LogP contribution in [0.2, 0.25) is 0 Å². The van der Waals surface area contributed by atoms with Gasteiger partial charge < -0.3 is 9.64 Å². The molecule has 0 radical (unpaired) electrons. The number of ether oxygens (including phenoxy) is 1. The lowest BCUT2D eigenvalue weighted by atomic mass is 10.2. The number of unbranched alkanes of at least 4 members (excludes halogenated alkanes) is 3. The average molecular weight is 391 g/mol. The molecule has 1 fully saturated rings. The maximum absolute atomic E-state index is 12.4. The van der Waals surface area contributed by atoms with Crippen LogP contribution in [-0.2, 0) is 10.0 Å². The van der Waals surface area contributed by atoms with Crippen LogP contribution in [0.3, 0.4) is 0 Å². The molecule has 0 atom stereocenters. The third-order valence-corrected chi connectivity index (χ3v) is 6.01. The van der Waals surface area contributed by atoms with Crippen LogP contribution >= 0.6 is 0 Å². The maximum Gasteiger partial charge on any atom is 0.236 e. The van der Waals surface area contributed by atoms with Crippen molar-refractivity contribution in [3.63, 3.8) is 0 Å². The smallest absolute Gasteiger partial charge is 0.236 e. The van der Waals surface area contributed by atoms with E-state index in [1.165, 1.54) is 15.8 Å². The number of rotatable bonds is 8. The van der Waals surface area contributed by atoms with Gasteiger partial charge in [-0.1, -0.05) is 31.6 Å². The minimum atomic E-state index is -3.40. The fraction of sp³-hybridized carbons (Fsp3) is 0.524. The Balaban J connectivity index is 1.84. The van der Waals surface area contributed by atoms with Gasteiger partial charge in [0.1, 0.15) is 5.75 Å². The molecule has 0 unspecified atom stereocenters. The number of anilines is 1. The maximum atomic E-state index is 12.4. The molecule has 2 rings (SSSR count). The monoisotopic (exact) mass is 390 g/mol. The second-order valence-corrected chi connectivity index (χ2v) is 8.26. The van der Waals surface area contributed by atoms with E-state index < -0.39 is 10.0 Å². The number of nitrogens with zero attached hydrogens (tertiary/aromatic N) is 2. The van der Waals surface area contributed by atoms with Crippen LogP contribution in [0.15, 0.2) is 35.7 Å². The molecule has 0 N–H and O–H groups in total. The Bertz CT molecular complexity index is 753. The largest absolute Gasteiger partial charge is 0.494 e. The highest BCUT2D eigenvalue weighted by molar-refractivity contribution is 7.92. The predicted molar refractivity (Wildman–Crippen MR) is 111 cm³/mol. The molecule has 0 spiro atoms. The van der Waals surface area contributed by atoms with Crippen LogP contribution in [0.4, 0.5) is 5.69 Å². The molecule has 1 aliphatic rings. The Hall–Kier alpha value is -1.97. The number of hydrogen-bond acceptors (Lipinski definition) is 4. The second-order valence-electron chi connectivity index (χ2n) is 6.44. The number of benzene rings is 1. The summed E-state index contributed by atoms with van der Waals surface area (Å²) in [5.41, 5.74) is 1.09. The van der Waals surface area contributed by atoms with E-state index in [2.05, 4.69) is 23.7 Å². The normalized spacial score (nSPS) is 15.6. The van der Waals surface area contributed by atoms with Gasteiger partial charge in [0.05, 0.1) is 12.0 Å². The highest BCUT2D eigenvalue weighted by Crippen LogP contribution is 2.21. The van der Waals surface area contributed by atoms with Gasteiger partial charge in [-0.25, -0.2) is 8.42 Å². The third kappa shape index (κ3) is 6.93. The van der Waals surface area contributed by atoms with E-state index in [9.17, 15) is 8.42 Å². The Morgan fingerprint density at radius 2 is 1.78 bits per heavy atom. The molecule has 1 heterocycles. The standard InChI is InChI=1S/C21H30N2O3S/c1-3-5-6-7-8-9-10-19-27(24,25)23-17-15-22(16-18-23)20-11-13-21(14-12-20)26-4-2/h10-14,19H,3-7,15-18H2,1-2H3/b19-10+. The van der Waals surface area contributed by atoms with Gasteiger partial charge in [-0.2, -0.15) is 4.31 Å². The van der Waals surface area contributed by atoms with Crippen LogP contribution in [0.5, 0.6) is 5.75 Å². The Labute approximate surface area is 164 Å². The second kappa shape index (κ2) is 11.0. The zero-order chi connectivity index (χ0) is 19.5. The summed E-state index contributed by atoms with van der Waals surface area (Å²) in [5.74, 6) is 6.68. The first-order valence-electron chi connectivity index (χ1n) is 9.69. The Morgan fingerprint density at radius 3 is 2.41 bits per heavy atom. The predicted octanol–water partition coefficient (Wildman–Crippen LogP) is 3.63. The summed E-state index contributed by atoms with van der Waals surface area (Å²) in [4.78, 5) is 2.19. The molecule has 1 aliphatic heterocycles. The zero-order valence-corrected chi connectivity index (χ0v) is 17.2. The Morgan fingerprint density at radius 1 is 1.07 bits per heavy atom. The number of hydrogen-bond donors (Lipinski definition) is 0. The fourth-order valence-electron chi connectivity index (χ4n) is 2.92. The molecular formula is C21H30N2O3S. The highest BCUT2D eigenvalue weighted by Gasteiger charge is 2.25. The molecule has 27 heavy (non-hydrogen) atoms.